The van der Waals surface area contributed by atoms with Crippen LogP contribution in [-0.2, 0) is 14.3 Å². The largest absolute Gasteiger partial charge is 0.382 e. The van der Waals surface area contributed by atoms with Gasteiger partial charge < -0.3 is 20.1 Å². The first-order valence-electron chi connectivity index (χ1n) is 8.19. The highest BCUT2D eigenvalue weighted by Crippen LogP contribution is 2.34. The van der Waals surface area contributed by atoms with Gasteiger partial charge in [-0.2, -0.15) is 0 Å². The second-order valence-corrected chi connectivity index (χ2v) is 6.81. The van der Waals surface area contributed by atoms with Gasteiger partial charge in [-0.05, 0) is 26.2 Å². The minimum Gasteiger partial charge on any atom is -0.382 e. The van der Waals surface area contributed by atoms with Crippen molar-refractivity contribution in [3.8, 4) is 0 Å². The summed E-state index contributed by atoms with van der Waals surface area (Å²) < 4.78 is 10.5. The third kappa shape index (κ3) is 5.08. The maximum Gasteiger partial charge on any atom is 0.227 e. The first-order chi connectivity index (χ1) is 10.0. The Balaban J connectivity index is 0.00000242. The van der Waals surface area contributed by atoms with E-state index >= 15 is 0 Å². The van der Waals surface area contributed by atoms with Gasteiger partial charge in [-0.15, -0.1) is 12.4 Å². The summed E-state index contributed by atoms with van der Waals surface area (Å²) in [7, 11) is 1.67. The Bertz CT molecular complexity index is 352. The van der Waals surface area contributed by atoms with Gasteiger partial charge in [0, 0.05) is 31.7 Å². The Labute approximate surface area is 140 Å². The highest BCUT2D eigenvalue weighted by atomic mass is 35.5. The van der Waals surface area contributed by atoms with Gasteiger partial charge in [0.05, 0.1) is 25.7 Å². The molecule has 2 fully saturated rings. The predicted octanol–water partition coefficient (Wildman–Crippen LogP) is 1.83. The highest BCUT2D eigenvalue weighted by molar-refractivity contribution is 5.85. The molecule has 0 aromatic heterocycles. The van der Waals surface area contributed by atoms with Crippen LogP contribution in [0, 0.1) is 11.8 Å². The van der Waals surface area contributed by atoms with Crippen molar-refractivity contribution in [3.05, 3.63) is 0 Å². The van der Waals surface area contributed by atoms with Crippen LogP contribution in [0.4, 0.5) is 0 Å². The molecule has 3 atom stereocenters. The monoisotopic (exact) mass is 334 g/mol. The molecule has 130 valence electrons. The van der Waals surface area contributed by atoms with E-state index in [0.717, 1.165) is 51.8 Å². The molecule has 1 amide bonds. The number of halogens is 1. The number of amides is 1. The molecular weight excluding hydrogens is 304 g/mol. The van der Waals surface area contributed by atoms with Crippen LogP contribution in [0.5, 0.6) is 0 Å². The van der Waals surface area contributed by atoms with E-state index in [1.54, 1.807) is 7.11 Å². The second kappa shape index (κ2) is 9.06. The number of hydrogen-bond acceptors (Lipinski definition) is 4. The fraction of sp³-hybridized carbons (Fsp3) is 0.938. The Morgan fingerprint density at radius 1 is 1.32 bits per heavy atom. The smallest absolute Gasteiger partial charge is 0.227 e. The average molecular weight is 335 g/mol. The number of likely N-dealkylation sites (tertiary alicyclic amines) is 1. The Morgan fingerprint density at radius 2 is 2.09 bits per heavy atom. The van der Waals surface area contributed by atoms with Crippen LogP contribution in [-0.4, -0.2) is 56.4 Å². The first kappa shape index (κ1) is 19.7. The van der Waals surface area contributed by atoms with Crippen molar-refractivity contribution in [2.24, 2.45) is 17.6 Å². The summed E-state index contributed by atoms with van der Waals surface area (Å²) in [5.74, 6) is 0.719. The van der Waals surface area contributed by atoms with Crippen molar-refractivity contribution in [3.63, 3.8) is 0 Å². The molecule has 5 nitrogen and oxygen atoms in total. The normalized spacial score (nSPS) is 31.9. The zero-order chi connectivity index (χ0) is 15.3. The Hall–Kier alpha value is -0.360. The molecule has 0 radical (unpaired) electrons. The number of methoxy groups -OCH3 is 1. The van der Waals surface area contributed by atoms with Crippen LogP contribution in [0.1, 0.15) is 39.0 Å². The molecule has 0 aromatic carbocycles. The van der Waals surface area contributed by atoms with Crippen LogP contribution in [0.15, 0.2) is 0 Å². The van der Waals surface area contributed by atoms with Gasteiger partial charge in [0.25, 0.3) is 0 Å². The standard InChI is InChI=1S/C16H30N2O3.ClH/c1-16(17)7-4-3-5-14(16)15(19)18-8-6-13(11-18)12-21-10-9-20-2;/h13-14H,3-12,17H2,1-2H3;1H. The molecule has 2 N–H and O–H groups in total. The molecule has 0 spiro atoms. The van der Waals surface area contributed by atoms with E-state index in [4.69, 9.17) is 15.2 Å². The number of nitrogens with zero attached hydrogens (tertiary/aromatic N) is 1. The lowest BCUT2D eigenvalue weighted by atomic mass is 9.74. The highest BCUT2D eigenvalue weighted by Gasteiger charge is 2.41. The van der Waals surface area contributed by atoms with Gasteiger partial charge in [0.1, 0.15) is 0 Å². The van der Waals surface area contributed by atoms with E-state index in [-0.39, 0.29) is 29.8 Å². The Morgan fingerprint density at radius 3 is 2.77 bits per heavy atom. The molecule has 1 saturated heterocycles. The van der Waals surface area contributed by atoms with Gasteiger partial charge in [-0.1, -0.05) is 12.8 Å². The van der Waals surface area contributed by atoms with Crippen molar-refractivity contribution < 1.29 is 14.3 Å². The maximum atomic E-state index is 12.7. The predicted molar refractivity (Wildman–Crippen MR) is 89.2 cm³/mol. The summed E-state index contributed by atoms with van der Waals surface area (Å²) in [4.78, 5) is 14.7. The zero-order valence-electron chi connectivity index (χ0n) is 13.9. The number of carbonyl (C=O) groups excluding carboxylic acids is 1. The molecule has 1 aliphatic carbocycles. The second-order valence-electron chi connectivity index (χ2n) is 6.81. The van der Waals surface area contributed by atoms with E-state index in [2.05, 4.69) is 0 Å². The molecule has 1 heterocycles. The van der Waals surface area contributed by atoms with Gasteiger partial charge in [-0.3, -0.25) is 4.79 Å². The van der Waals surface area contributed by atoms with Crippen molar-refractivity contribution in [2.75, 3.05) is 40.0 Å². The summed E-state index contributed by atoms with van der Waals surface area (Å²) in [5, 5.41) is 0. The first-order valence-corrected chi connectivity index (χ1v) is 8.19. The minimum absolute atomic E-state index is 0. The lowest BCUT2D eigenvalue weighted by molar-refractivity contribution is -0.138. The average Bonchev–Trinajstić information content (AvgIpc) is 2.91. The van der Waals surface area contributed by atoms with Crippen LogP contribution in [0.25, 0.3) is 0 Å². The lowest BCUT2D eigenvalue weighted by Crippen LogP contribution is -2.53. The molecule has 1 aliphatic heterocycles. The SMILES string of the molecule is COCCOCC1CCN(C(=O)C2CCCCC2(C)N)C1.Cl. The third-order valence-corrected chi connectivity index (χ3v) is 4.94. The number of carbonyl (C=O) groups is 1. The molecule has 2 rings (SSSR count). The zero-order valence-corrected chi connectivity index (χ0v) is 14.7. The fourth-order valence-corrected chi connectivity index (χ4v) is 3.55. The van der Waals surface area contributed by atoms with Gasteiger partial charge in [0.2, 0.25) is 5.91 Å². The molecule has 6 heteroatoms. The van der Waals surface area contributed by atoms with Crippen molar-refractivity contribution in [2.45, 2.75) is 44.6 Å². The van der Waals surface area contributed by atoms with E-state index in [1.807, 2.05) is 11.8 Å². The van der Waals surface area contributed by atoms with Crippen molar-refractivity contribution in [1.29, 1.82) is 0 Å². The van der Waals surface area contributed by atoms with Gasteiger partial charge in [0.15, 0.2) is 0 Å². The van der Waals surface area contributed by atoms with Gasteiger partial charge in [-0.25, -0.2) is 0 Å². The summed E-state index contributed by atoms with van der Waals surface area (Å²) in [5.41, 5.74) is 6.02. The van der Waals surface area contributed by atoms with Gasteiger partial charge >= 0.3 is 0 Å². The number of ether oxygens (including phenoxy) is 2. The lowest BCUT2D eigenvalue weighted by Gasteiger charge is -2.39. The minimum atomic E-state index is -0.331. The summed E-state index contributed by atoms with van der Waals surface area (Å²) >= 11 is 0. The number of rotatable bonds is 6. The van der Waals surface area contributed by atoms with Crippen LogP contribution in [0.2, 0.25) is 0 Å². The summed E-state index contributed by atoms with van der Waals surface area (Å²) in [6.07, 6.45) is 5.21. The molecule has 2 aliphatic rings. The quantitative estimate of drug-likeness (QED) is 0.753. The molecule has 0 bridgehead atoms. The van der Waals surface area contributed by atoms with Crippen molar-refractivity contribution >= 4 is 18.3 Å². The van der Waals surface area contributed by atoms with E-state index in [9.17, 15) is 4.79 Å². The van der Waals surface area contributed by atoms with E-state index < -0.39 is 0 Å². The topological polar surface area (TPSA) is 64.8 Å². The molecule has 3 unspecified atom stereocenters. The summed E-state index contributed by atoms with van der Waals surface area (Å²) in [6.45, 7) is 5.68. The maximum absolute atomic E-state index is 12.7. The molecule has 0 aromatic rings. The van der Waals surface area contributed by atoms with E-state index in [0.29, 0.717) is 19.1 Å². The van der Waals surface area contributed by atoms with Crippen LogP contribution < -0.4 is 5.73 Å². The van der Waals surface area contributed by atoms with Crippen LogP contribution >= 0.6 is 12.4 Å². The summed E-state index contributed by atoms with van der Waals surface area (Å²) in [6, 6.07) is 0. The third-order valence-electron chi connectivity index (χ3n) is 4.94. The van der Waals surface area contributed by atoms with E-state index in [1.165, 1.54) is 0 Å². The molecule has 1 saturated carbocycles. The molecule has 22 heavy (non-hydrogen) atoms. The number of hydrogen-bond donors (Lipinski definition) is 1. The Kier molecular flexibility index (Phi) is 8.11. The fourth-order valence-electron chi connectivity index (χ4n) is 3.55. The van der Waals surface area contributed by atoms with Crippen molar-refractivity contribution in [1.82, 2.24) is 4.90 Å². The van der Waals surface area contributed by atoms with Crippen LogP contribution in [0.3, 0.4) is 0 Å². The molecular formula is C16H31ClN2O3. The number of nitrogens with two attached hydrogens (primary N) is 1.